The molecule has 2 N–H and O–H groups in total. The molecule has 0 aliphatic carbocycles. The van der Waals surface area contributed by atoms with Crippen LogP contribution in [0.2, 0.25) is 0 Å². The van der Waals surface area contributed by atoms with Crippen molar-refractivity contribution < 1.29 is 27.3 Å². The van der Waals surface area contributed by atoms with Crippen LogP contribution in [0, 0.1) is 0 Å². The van der Waals surface area contributed by atoms with Gasteiger partial charge in [0.25, 0.3) is 0 Å². The standard InChI is InChI=1S/C18H16F3N5O3/c19-18(20,21)11-2-1-3-12(10-11)22-17(27)23-13-4-5-14(16-15(13)24-29-25-16)26-6-8-28-9-7-26/h1-5,10H,6-9H2,(H2,22,23,27). The number of urea groups is 1. The van der Waals surface area contributed by atoms with Crippen molar-refractivity contribution in [2.24, 2.45) is 0 Å². The average molecular weight is 407 g/mol. The van der Waals surface area contributed by atoms with E-state index in [-0.39, 0.29) is 5.69 Å². The lowest BCUT2D eigenvalue weighted by Crippen LogP contribution is -2.36. The van der Waals surface area contributed by atoms with Crippen LogP contribution in [0.1, 0.15) is 5.56 Å². The Kier molecular flexibility index (Phi) is 4.97. The topological polar surface area (TPSA) is 92.5 Å². The minimum Gasteiger partial charge on any atom is -0.378 e. The van der Waals surface area contributed by atoms with Crippen molar-refractivity contribution in [3.63, 3.8) is 0 Å². The van der Waals surface area contributed by atoms with Gasteiger partial charge in [-0.2, -0.15) is 13.2 Å². The zero-order valence-electron chi connectivity index (χ0n) is 15.0. The van der Waals surface area contributed by atoms with Crippen LogP contribution in [-0.4, -0.2) is 42.6 Å². The highest BCUT2D eigenvalue weighted by Crippen LogP contribution is 2.32. The maximum Gasteiger partial charge on any atom is 0.416 e. The second-order valence-corrected chi connectivity index (χ2v) is 6.35. The third-order valence-electron chi connectivity index (χ3n) is 4.44. The lowest BCUT2D eigenvalue weighted by atomic mass is 10.2. The number of nitrogens with one attached hydrogen (secondary N) is 2. The van der Waals surface area contributed by atoms with Gasteiger partial charge in [0.1, 0.15) is 0 Å². The number of rotatable bonds is 3. The Balaban J connectivity index is 1.52. The second-order valence-electron chi connectivity index (χ2n) is 6.35. The highest BCUT2D eigenvalue weighted by Gasteiger charge is 2.30. The summed E-state index contributed by atoms with van der Waals surface area (Å²) in [5, 5.41) is 12.7. The molecule has 1 aliphatic rings. The number of morpholine rings is 1. The van der Waals surface area contributed by atoms with Crippen LogP contribution in [0.5, 0.6) is 0 Å². The number of anilines is 3. The zero-order chi connectivity index (χ0) is 20.4. The van der Waals surface area contributed by atoms with Crippen molar-refractivity contribution in [2.45, 2.75) is 6.18 Å². The van der Waals surface area contributed by atoms with Crippen molar-refractivity contribution in [1.82, 2.24) is 10.3 Å². The molecular formula is C18H16F3N5O3. The van der Waals surface area contributed by atoms with Crippen LogP contribution in [-0.2, 0) is 10.9 Å². The predicted octanol–water partition coefficient (Wildman–Crippen LogP) is 3.72. The summed E-state index contributed by atoms with van der Waals surface area (Å²) in [4.78, 5) is 14.4. The lowest BCUT2D eigenvalue weighted by Gasteiger charge is -2.28. The van der Waals surface area contributed by atoms with E-state index in [0.717, 1.165) is 17.8 Å². The Morgan fingerprint density at radius 3 is 2.55 bits per heavy atom. The van der Waals surface area contributed by atoms with Crippen LogP contribution in [0.25, 0.3) is 11.0 Å². The van der Waals surface area contributed by atoms with Crippen molar-refractivity contribution >= 4 is 34.1 Å². The molecule has 1 fully saturated rings. The SMILES string of the molecule is O=C(Nc1cccc(C(F)(F)F)c1)Nc1ccc(N2CCOCC2)c2nonc12. The first-order valence-electron chi connectivity index (χ1n) is 8.75. The predicted molar refractivity (Wildman–Crippen MR) is 98.9 cm³/mol. The third kappa shape index (κ3) is 4.09. The van der Waals surface area contributed by atoms with E-state index in [1.165, 1.54) is 12.1 Å². The molecule has 8 nitrogen and oxygen atoms in total. The van der Waals surface area contributed by atoms with Crippen LogP contribution in [0.4, 0.5) is 35.0 Å². The molecule has 0 radical (unpaired) electrons. The number of carbonyl (C=O) groups is 1. The molecule has 0 spiro atoms. The van der Waals surface area contributed by atoms with Gasteiger partial charge in [0.2, 0.25) is 0 Å². The van der Waals surface area contributed by atoms with Crippen molar-refractivity contribution in [3.05, 3.63) is 42.0 Å². The Labute approximate surface area is 162 Å². The van der Waals surface area contributed by atoms with Gasteiger partial charge in [-0.3, -0.25) is 0 Å². The van der Waals surface area contributed by atoms with Gasteiger partial charge in [0, 0.05) is 18.8 Å². The zero-order valence-corrected chi connectivity index (χ0v) is 15.0. The van der Waals surface area contributed by atoms with Gasteiger partial charge in [-0.05, 0) is 40.6 Å². The molecule has 152 valence electrons. The minimum atomic E-state index is -4.50. The molecule has 11 heteroatoms. The lowest BCUT2D eigenvalue weighted by molar-refractivity contribution is -0.137. The van der Waals surface area contributed by atoms with Gasteiger partial charge in [0.05, 0.1) is 30.2 Å². The number of nitrogens with zero attached hydrogens (tertiary/aromatic N) is 3. The van der Waals surface area contributed by atoms with E-state index < -0.39 is 17.8 Å². The minimum absolute atomic E-state index is 0.0109. The van der Waals surface area contributed by atoms with E-state index in [1.54, 1.807) is 12.1 Å². The van der Waals surface area contributed by atoms with E-state index in [4.69, 9.17) is 9.37 Å². The average Bonchev–Trinajstić information content (AvgIpc) is 3.19. The second kappa shape index (κ2) is 7.59. The fraction of sp³-hybridized carbons (Fsp3) is 0.278. The van der Waals surface area contributed by atoms with Gasteiger partial charge >= 0.3 is 12.2 Å². The maximum atomic E-state index is 12.8. The first kappa shape index (κ1) is 19.0. The first-order chi connectivity index (χ1) is 13.9. The summed E-state index contributed by atoms with van der Waals surface area (Å²) < 4.78 is 48.6. The number of fused-ring (bicyclic) bond motifs is 1. The van der Waals surface area contributed by atoms with Crippen LogP contribution < -0.4 is 15.5 Å². The summed E-state index contributed by atoms with van der Waals surface area (Å²) in [6.07, 6.45) is -4.50. The largest absolute Gasteiger partial charge is 0.416 e. The number of alkyl halides is 3. The molecule has 0 saturated carbocycles. The highest BCUT2D eigenvalue weighted by molar-refractivity contribution is 6.06. The van der Waals surface area contributed by atoms with Crippen molar-refractivity contribution in [3.8, 4) is 0 Å². The molecule has 1 aliphatic heterocycles. The van der Waals surface area contributed by atoms with E-state index in [2.05, 4.69) is 25.8 Å². The number of benzene rings is 2. The molecule has 0 unspecified atom stereocenters. The summed E-state index contributed by atoms with van der Waals surface area (Å²) in [6.45, 7) is 2.55. The highest BCUT2D eigenvalue weighted by atomic mass is 19.4. The number of aromatic nitrogens is 2. The molecule has 2 amide bonds. The van der Waals surface area contributed by atoms with Gasteiger partial charge < -0.3 is 20.3 Å². The monoisotopic (exact) mass is 407 g/mol. The fourth-order valence-corrected chi connectivity index (χ4v) is 3.07. The molecule has 29 heavy (non-hydrogen) atoms. The van der Waals surface area contributed by atoms with E-state index in [9.17, 15) is 18.0 Å². The molecule has 0 bridgehead atoms. The van der Waals surface area contributed by atoms with Crippen LogP contribution in [0.3, 0.4) is 0 Å². The van der Waals surface area contributed by atoms with Crippen LogP contribution in [0.15, 0.2) is 41.0 Å². The Hall–Kier alpha value is -3.34. The summed E-state index contributed by atoms with van der Waals surface area (Å²) in [7, 11) is 0. The number of carbonyl (C=O) groups excluding carboxylic acids is 1. The number of amides is 2. The summed E-state index contributed by atoms with van der Waals surface area (Å²) in [6, 6.07) is 7.07. The molecule has 4 rings (SSSR count). The van der Waals surface area contributed by atoms with Crippen molar-refractivity contribution in [1.29, 1.82) is 0 Å². The molecular weight excluding hydrogens is 391 g/mol. The number of hydrogen-bond donors (Lipinski definition) is 2. The number of ether oxygens (including phenoxy) is 1. The van der Waals surface area contributed by atoms with E-state index in [1.807, 2.05) is 0 Å². The molecule has 0 atom stereocenters. The van der Waals surface area contributed by atoms with Crippen molar-refractivity contribution in [2.75, 3.05) is 41.8 Å². The fourth-order valence-electron chi connectivity index (χ4n) is 3.07. The van der Waals surface area contributed by atoms with Gasteiger partial charge in [-0.25, -0.2) is 9.42 Å². The molecule has 3 aromatic rings. The molecule has 2 heterocycles. The summed E-state index contributed by atoms with van der Waals surface area (Å²) >= 11 is 0. The maximum absolute atomic E-state index is 12.8. The summed E-state index contributed by atoms with van der Waals surface area (Å²) in [5.74, 6) is 0. The smallest absolute Gasteiger partial charge is 0.378 e. The molecule has 2 aromatic carbocycles. The Morgan fingerprint density at radius 2 is 1.79 bits per heavy atom. The Bertz CT molecular complexity index is 1030. The van der Waals surface area contributed by atoms with E-state index >= 15 is 0 Å². The normalized spacial score (nSPS) is 14.8. The number of hydrogen-bond acceptors (Lipinski definition) is 6. The van der Waals surface area contributed by atoms with Gasteiger partial charge in [-0.1, -0.05) is 6.07 Å². The third-order valence-corrected chi connectivity index (χ3v) is 4.44. The first-order valence-corrected chi connectivity index (χ1v) is 8.75. The molecule has 1 aromatic heterocycles. The van der Waals surface area contributed by atoms with Crippen LogP contribution >= 0.6 is 0 Å². The van der Waals surface area contributed by atoms with Gasteiger partial charge in [-0.15, -0.1) is 0 Å². The van der Waals surface area contributed by atoms with E-state index in [0.29, 0.717) is 43.0 Å². The quantitative estimate of drug-likeness (QED) is 0.688. The summed E-state index contributed by atoms with van der Waals surface area (Å²) in [5.41, 5.74) is 1.10. The van der Waals surface area contributed by atoms with Gasteiger partial charge in [0.15, 0.2) is 11.0 Å². The Morgan fingerprint density at radius 1 is 1.03 bits per heavy atom. The molecule has 1 saturated heterocycles. The number of halogens is 3.